The van der Waals surface area contributed by atoms with Gasteiger partial charge in [0.2, 0.25) is 0 Å². The number of benzene rings is 1. The van der Waals surface area contributed by atoms with Crippen molar-refractivity contribution >= 4 is 5.78 Å². The maximum Gasteiger partial charge on any atom is 0.316 e. The highest BCUT2D eigenvalue weighted by Gasteiger charge is 2.28. The molecule has 0 aromatic heterocycles. The third kappa shape index (κ3) is 2.64. The van der Waals surface area contributed by atoms with Crippen molar-refractivity contribution in [1.29, 1.82) is 0 Å². The Morgan fingerprint density at radius 2 is 1.67 bits per heavy atom. The summed E-state index contributed by atoms with van der Waals surface area (Å²) in [5.41, 5.74) is 0.892. The van der Waals surface area contributed by atoms with Crippen LogP contribution in [0.2, 0.25) is 0 Å². The molecule has 0 heterocycles. The van der Waals surface area contributed by atoms with Gasteiger partial charge in [-0.1, -0.05) is 36.8 Å². The van der Waals surface area contributed by atoms with Gasteiger partial charge in [-0.25, -0.2) is 0 Å². The van der Waals surface area contributed by atoms with Crippen molar-refractivity contribution in [3.05, 3.63) is 57.3 Å². The Labute approximate surface area is 105 Å². The average molecular weight is 245 g/mol. The standard InChI is InChI=1S/C14H15NO3/c16-14(12-9-5-2-6-10-12)13(15(17)18)11-7-3-1-4-8-11/h2,5-6,9-10H,1,3-4,7-8H2. The minimum atomic E-state index is -0.518. The van der Waals surface area contributed by atoms with Crippen molar-refractivity contribution < 1.29 is 9.72 Å². The van der Waals surface area contributed by atoms with Crippen molar-refractivity contribution in [2.24, 2.45) is 0 Å². The lowest BCUT2D eigenvalue weighted by molar-refractivity contribution is -0.418. The largest absolute Gasteiger partial charge is 0.316 e. The van der Waals surface area contributed by atoms with Gasteiger partial charge in [0, 0.05) is 11.1 Å². The number of nitro groups is 1. The van der Waals surface area contributed by atoms with Crippen LogP contribution in [0.3, 0.4) is 0 Å². The topological polar surface area (TPSA) is 60.2 Å². The molecule has 1 aromatic rings. The van der Waals surface area contributed by atoms with E-state index in [9.17, 15) is 14.9 Å². The molecule has 18 heavy (non-hydrogen) atoms. The molecule has 1 saturated carbocycles. The first-order chi connectivity index (χ1) is 8.70. The van der Waals surface area contributed by atoms with E-state index in [4.69, 9.17) is 0 Å². The predicted octanol–water partition coefficient (Wildman–Crippen LogP) is 3.36. The zero-order valence-corrected chi connectivity index (χ0v) is 10.1. The molecule has 1 aliphatic rings. The second kappa shape index (κ2) is 5.58. The summed E-state index contributed by atoms with van der Waals surface area (Å²) < 4.78 is 0. The quantitative estimate of drug-likeness (QED) is 0.355. The SMILES string of the molecule is O=C(C(=C1CCCCC1)[N+](=O)[O-])c1ccccc1. The van der Waals surface area contributed by atoms with Crippen LogP contribution in [0.15, 0.2) is 41.6 Å². The Balaban J connectivity index is 2.37. The summed E-state index contributed by atoms with van der Waals surface area (Å²) in [7, 11) is 0. The average Bonchev–Trinajstić information content (AvgIpc) is 2.40. The molecule has 0 unspecified atom stereocenters. The van der Waals surface area contributed by atoms with Gasteiger partial charge in [-0.2, -0.15) is 0 Å². The zero-order chi connectivity index (χ0) is 13.0. The van der Waals surface area contributed by atoms with E-state index in [1.54, 1.807) is 30.3 Å². The lowest BCUT2D eigenvalue weighted by Crippen LogP contribution is -2.16. The van der Waals surface area contributed by atoms with Gasteiger partial charge in [-0.05, 0) is 25.7 Å². The number of allylic oxidation sites excluding steroid dienone is 2. The minimum Gasteiger partial charge on any atom is -0.282 e. The smallest absolute Gasteiger partial charge is 0.282 e. The second-order valence-corrected chi connectivity index (χ2v) is 4.47. The summed E-state index contributed by atoms with van der Waals surface area (Å²) in [4.78, 5) is 22.8. The van der Waals surface area contributed by atoms with Crippen LogP contribution in [0, 0.1) is 10.1 Å². The fourth-order valence-corrected chi connectivity index (χ4v) is 2.31. The molecule has 0 radical (unpaired) electrons. The van der Waals surface area contributed by atoms with Crippen LogP contribution in [0.5, 0.6) is 0 Å². The number of ketones is 1. The first-order valence-electron chi connectivity index (χ1n) is 6.16. The number of rotatable bonds is 3. The van der Waals surface area contributed by atoms with Gasteiger partial charge in [-0.3, -0.25) is 14.9 Å². The van der Waals surface area contributed by atoms with Crippen molar-refractivity contribution in [3.8, 4) is 0 Å². The van der Waals surface area contributed by atoms with E-state index >= 15 is 0 Å². The van der Waals surface area contributed by atoms with Gasteiger partial charge in [0.05, 0.1) is 4.92 Å². The van der Waals surface area contributed by atoms with Crippen LogP contribution in [0.4, 0.5) is 0 Å². The van der Waals surface area contributed by atoms with Gasteiger partial charge in [0.1, 0.15) is 0 Å². The molecule has 4 nitrogen and oxygen atoms in total. The minimum absolute atomic E-state index is 0.208. The molecular weight excluding hydrogens is 230 g/mol. The highest BCUT2D eigenvalue weighted by molar-refractivity contribution is 6.07. The summed E-state index contributed by atoms with van der Waals surface area (Å²) in [6.07, 6.45) is 4.32. The molecule has 0 saturated heterocycles. The van der Waals surface area contributed by atoms with Crippen LogP contribution < -0.4 is 0 Å². The summed E-state index contributed by atoms with van der Waals surface area (Å²) in [6, 6.07) is 8.47. The highest BCUT2D eigenvalue weighted by Crippen LogP contribution is 2.27. The van der Waals surface area contributed by atoms with Crippen LogP contribution >= 0.6 is 0 Å². The molecule has 0 spiro atoms. The Hall–Kier alpha value is -1.97. The first-order valence-corrected chi connectivity index (χ1v) is 6.16. The van der Waals surface area contributed by atoms with Crippen LogP contribution in [-0.4, -0.2) is 10.7 Å². The molecule has 0 amide bonds. The van der Waals surface area contributed by atoms with Gasteiger partial charge in [-0.15, -0.1) is 0 Å². The van der Waals surface area contributed by atoms with Crippen molar-refractivity contribution in [2.45, 2.75) is 32.1 Å². The summed E-state index contributed by atoms with van der Waals surface area (Å²) >= 11 is 0. The molecule has 1 aliphatic carbocycles. The number of carbonyl (C=O) groups is 1. The van der Waals surface area contributed by atoms with Crippen molar-refractivity contribution in [3.63, 3.8) is 0 Å². The molecule has 0 bridgehead atoms. The fraction of sp³-hybridized carbons (Fsp3) is 0.357. The van der Waals surface area contributed by atoms with Gasteiger partial charge < -0.3 is 0 Å². The normalized spacial score (nSPS) is 15.2. The maximum absolute atomic E-state index is 12.2. The van der Waals surface area contributed by atoms with Crippen molar-refractivity contribution in [1.82, 2.24) is 0 Å². The van der Waals surface area contributed by atoms with E-state index in [2.05, 4.69) is 0 Å². The third-order valence-electron chi connectivity index (χ3n) is 3.23. The molecule has 0 N–H and O–H groups in total. The highest BCUT2D eigenvalue weighted by atomic mass is 16.6. The molecule has 1 aromatic carbocycles. The summed E-state index contributed by atoms with van der Waals surface area (Å²) in [6.45, 7) is 0. The maximum atomic E-state index is 12.2. The van der Waals surface area contributed by atoms with E-state index in [1.165, 1.54) is 0 Å². The van der Waals surface area contributed by atoms with E-state index in [-0.39, 0.29) is 5.70 Å². The number of hydrogen-bond acceptors (Lipinski definition) is 3. The molecule has 0 aliphatic heterocycles. The third-order valence-corrected chi connectivity index (χ3v) is 3.23. The summed E-state index contributed by atoms with van der Waals surface area (Å²) in [5.74, 6) is -0.461. The number of hydrogen-bond donors (Lipinski definition) is 0. The molecular formula is C14H15NO3. The lowest BCUT2D eigenvalue weighted by atomic mass is 9.91. The van der Waals surface area contributed by atoms with E-state index < -0.39 is 10.7 Å². The second-order valence-electron chi connectivity index (χ2n) is 4.47. The number of nitrogens with zero attached hydrogens (tertiary/aromatic N) is 1. The molecule has 0 atom stereocenters. The Kier molecular flexibility index (Phi) is 3.87. The summed E-state index contributed by atoms with van der Waals surface area (Å²) in [5, 5.41) is 11.1. The van der Waals surface area contributed by atoms with Crippen LogP contribution in [0.25, 0.3) is 0 Å². The Bertz CT molecular complexity index is 483. The van der Waals surface area contributed by atoms with Gasteiger partial charge in [0.15, 0.2) is 0 Å². The van der Waals surface area contributed by atoms with E-state index in [0.29, 0.717) is 24.0 Å². The van der Waals surface area contributed by atoms with E-state index in [1.807, 2.05) is 0 Å². The lowest BCUT2D eigenvalue weighted by Gasteiger charge is -2.13. The number of carbonyl (C=O) groups excluding carboxylic acids is 1. The number of Topliss-reactive ketones (excluding diaryl/α,β-unsaturated/α-hetero) is 1. The zero-order valence-electron chi connectivity index (χ0n) is 10.1. The van der Waals surface area contributed by atoms with Crippen LogP contribution in [-0.2, 0) is 0 Å². The van der Waals surface area contributed by atoms with Crippen molar-refractivity contribution in [2.75, 3.05) is 0 Å². The van der Waals surface area contributed by atoms with Gasteiger partial charge in [0.25, 0.3) is 5.78 Å². The Morgan fingerprint density at radius 3 is 2.22 bits per heavy atom. The van der Waals surface area contributed by atoms with Crippen LogP contribution in [0.1, 0.15) is 42.5 Å². The monoisotopic (exact) mass is 245 g/mol. The fourth-order valence-electron chi connectivity index (χ4n) is 2.31. The molecule has 4 heteroatoms. The van der Waals surface area contributed by atoms with E-state index in [0.717, 1.165) is 19.3 Å². The van der Waals surface area contributed by atoms with Gasteiger partial charge >= 0.3 is 5.70 Å². The molecule has 2 rings (SSSR count). The predicted molar refractivity (Wildman–Crippen MR) is 67.9 cm³/mol. The Morgan fingerprint density at radius 1 is 1.06 bits per heavy atom. The molecule has 1 fully saturated rings. The molecule has 94 valence electrons. The first kappa shape index (κ1) is 12.5.